The van der Waals surface area contributed by atoms with Gasteiger partial charge in [-0.1, -0.05) is 0 Å². The zero-order valence-electron chi connectivity index (χ0n) is 20.7. The number of carbonyl (C=O) groups is 1. The Balaban J connectivity index is 1.39. The van der Waals surface area contributed by atoms with E-state index in [1.807, 2.05) is 0 Å². The van der Waals surface area contributed by atoms with Gasteiger partial charge in [-0.25, -0.2) is 17.8 Å². The summed E-state index contributed by atoms with van der Waals surface area (Å²) in [7, 11) is -3.39. The van der Waals surface area contributed by atoms with Gasteiger partial charge >= 0.3 is 0 Å². The summed E-state index contributed by atoms with van der Waals surface area (Å²) in [6.07, 6.45) is 10.7. The predicted molar refractivity (Wildman–Crippen MR) is 132 cm³/mol. The molecule has 5 fully saturated rings. The van der Waals surface area contributed by atoms with Gasteiger partial charge in [0.2, 0.25) is 10.0 Å². The van der Waals surface area contributed by atoms with Crippen LogP contribution in [0, 0.1) is 17.8 Å². The molecule has 1 aliphatic heterocycles. The van der Waals surface area contributed by atoms with Crippen molar-refractivity contribution in [3.8, 4) is 0 Å². The summed E-state index contributed by atoms with van der Waals surface area (Å²) in [5.41, 5.74) is -0.873. The second-order valence-electron chi connectivity index (χ2n) is 11.5. The Labute approximate surface area is 207 Å². The maximum Gasteiger partial charge on any atom is 0.256 e. The topological polar surface area (TPSA) is 126 Å². The Hall–Kier alpha value is -1.95. The molecule has 1 amide bonds. The van der Waals surface area contributed by atoms with Crippen molar-refractivity contribution in [3.63, 3.8) is 0 Å². The van der Waals surface area contributed by atoms with Crippen molar-refractivity contribution in [2.75, 3.05) is 37.5 Å². The molecule has 2 unspecified atom stereocenters. The SMILES string of the molecule is CC(C)(/C=C/n1ncc(C(=O)N[C@H]2C3CC4CC2C[C@](O)(C4)C3)c1N1CCOCC1)NS(C)(=O)=O. The van der Waals surface area contributed by atoms with Gasteiger partial charge in [0.1, 0.15) is 11.4 Å². The number of nitrogens with zero attached hydrogens (tertiary/aromatic N) is 3. The molecular formula is C24H37N5O5S. The number of morpholine rings is 1. The zero-order valence-corrected chi connectivity index (χ0v) is 21.6. The van der Waals surface area contributed by atoms with Crippen molar-refractivity contribution < 1.29 is 23.1 Å². The van der Waals surface area contributed by atoms with Crippen molar-refractivity contribution in [2.24, 2.45) is 17.8 Å². The van der Waals surface area contributed by atoms with Crippen LogP contribution in [0.5, 0.6) is 0 Å². The summed E-state index contributed by atoms with van der Waals surface area (Å²) in [6.45, 7) is 5.91. The van der Waals surface area contributed by atoms with Gasteiger partial charge in [0.15, 0.2) is 0 Å². The van der Waals surface area contributed by atoms with Crippen molar-refractivity contribution in [1.29, 1.82) is 0 Å². The van der Waals surface area contributed by atoms with Crippen LogP contribution in [0.2, 0.25) is 0 Å². The third kappa shape index (κ3) is 5.28. The van der Waals surface area contributed by atoms with E-state index in [0.29, 0.717) is 55.4 Å². The van der Waals surface area contributed by atoms with E-state index in [1.165, 1.54) is 0 Å². The van der Waals surface area contributed by atoms with Gasteiger partial charge in [-0.2, -0.15) is 5.10 Å². The molecule has 35 heavy (non-hydrogen) atoms. The molecule has 0 aromatic carbocycles. The minimum atomic E-state index is -3.39. The number of nitrogens with one attached hydrogen (secondary N) is 2. The maximum atomic E-state index is 13.6. The molecule has 2 heterocycles. The lowest BCUT2D eigenvalue weighted by molar-refractivity contribution is -0.136. The van der Waals surface area contributed by atoms with Crippen LogP contribution in [-0.4, -0.2) is 79.0 Å². The van der Waals surface area contributed by atoms with Gasteiger partial charge < -0.3 is 20.1 Å². The quantitative estimate of drug-likeness (QED) is 0.506. The van der Waals surface area contributed by atoms with E-state index in [9.17, 15) is 18.3 Å². The smallest absolute Gasteiger partial charge is 0.256 e. The van der Waals surface area contributed by atoms with Crippen LogP contribution in [0.15, 0.2) is 12.3 Å². The molecule has 194 valence electrons. The summed E-state index contributed by atoms with van der Waals surface area (Å²) in [4.78, 5) is 15.7. The van der Waals surface area contributed by atoms with Gasteiger partial charge in [0, 0.05) is 30.9 Å². The van der Waals surface area contributed by atoms with E-state index in [2.05, 4.69) is 20.0 Å². The molecule has 1 aromatic heterocycles. The lowest BCUT2D eigenvalue weighted by Gasteiger charge is -2.58. The highest BCUT2D eigenvalue weighted by molar-refractivity contribution is 7.88. The van der Waals surface area contributed by atoms with E-state index in [1.54, 1.807) is 37.0 Å². The lowest BCUT2D eigenvalue weighted by Crippen LogP contribution is -2.61. The van der Waals surface area contributed by atoms with Crippen LogP contribution in [-0.2, 0) is 14.8 Å². The highest BCUT2D eigenvalue weighted by atomic mass is 32.2. The number of aliphatic hydroxyl groups is 1. The monoisotopic (exact) mass is 507 g/mol. The number of amides is 1. The molecule has 2 atom stereocenters. The largest absolute Gasteiger partial charge is 0.390 e. The van der Waals surface area contributed by atoms with E-state index < -0.39 is 21.2 Å². The van der Waals surface area contributed by atoms with Gasteiger partial charge in [-0.3, -0.25) is 4.79 Å². The summed E-state index contributed by atoms with van der Waals surface area (Å²) in [6, 6.07) is 0.0775. The number of hydrogen-bond donors (Lipinski definition) is 3. The Morgan fingerprint density at radius 1 is 1.23 bits per heavy atom. The molecule has 11 heteroatoms. The molecule has 6 rings (SSSR count). The Bertz CT molecular complexity index is 1090. The molecular weight excluding hydrogens is 470 g/mol. The number of aromatic nitrogens is 2. The summed E-state index contributed by atoms with van der Waals surface area (Å²) in [5, 5.41) is 18.7. The number of sulfonamides is 1. The van der Waals surface area contributed by atoms with Crippen LogP contribution in [0.1, 0.15) is 56.3 Å². The van der Waals surface area contributed by atoms with Gasteiger partial charge in [0.25, 0.3) is 5.91 Å². The molecule has 4 bridgehead atoms. The Morgan fingerprint density at radius 3 is 2.49 bits per heavy atom. The first-order chi connectivity index (χ1) is 16.4. The minimum Gasteiger partial charge on any atom is -0.390 e. The molecule has 3 N–H and O–H groups in total. The first-order valence-corrected chi connectivity index (χ1v) is 14.4. The summed E-state index contributed by atoms with van der Waals surface area (Å²) >= 11 is 0. The first kappa shape index (κ1) is 24.7. The van der Waals surface area contributed by atoms with Crippen molar-refractivity contribution in [2.45, 2.75) is 63.1 Å². The molecule has 1 saturated heterocycles. The second kappa shape index (κ2) is 8.86. The molecule has 0 radical (unpaired) electrons. The maximum absolute atomic E-state index is 13.6. The third-order valence-corrected chi connectivity index (χ3v) is 8.84. The van der Waals surface area contributed by atoms with E-state index >= 15 is 0 Å². The predicted octanol–water partition coefficient (Wildman–Crippen LogP) is 1.19. The highest BCUT2D eigenvalue weighted by Crippen LogP contribution is 2.55. The minimum absolute atomic E-state index is 0.0775. The van der Waals surface area contributed by atoms with Gasteiger partial charge in [0.05, 0.1) is 31.3 Å². The Kier molecular flexibility index (Phi) is 6.26. The van der Waals surface area contributed by atoms with E-state index in [-0.39, 0.29) is 11.9 Å². The van der Waals surface area contributed by atoms with Gasteiger partial charge in [-0.05, 0) is 69.8 Å². The number of anilines is 1. The fourth-order valence-corrected chi connectivity index (χ4v) is 7.95. The van der Waals surface area contributed by atoms with Crippen LogP contribution >= 0.6 is 0 Å². The Morgan fingerprint density at radius 2 is 1.89 bits per heavy atom. The summed E-state index contributed by atoms with van der Waals surface area (Å²) < 4.78 is 33.2. The fourth-order valence-electron chi connectivity index (χ4n) is 6.93. The summed E-state index contributed by atoms with van der Waals surface area (Å²) in [5.74, 6) is 1.75. The normalized spacial score (nSPS) is 33.0. The van der Waals surface area contributed by atoms with Crippen molar-refractivity contribution >= 4 is 27.9 Å². The number of carbonyl (C=O) groups excluding carboxylic acids is 1. The number of ether oxygens (including phenoxy) is 1. The average molecular weight is 508 g/mol. The lowest BCUT2D eigenvalue weighted by atomic mass is 9.52. The van der Waals surface area contributed by atoms with Crippen LogP contribution in [0.4, 0.5) is 5.82 Å². The van der Waals surface area contributed by atoms with E-state index in [4.69, 9.17) is 4.74 Å². The molecule has 5 aliphatic rings. The number of rotatable bonds is 7. The van der Waals surface area contributed by atoms with E-state index in [0.717, 1.165) is 38.4 Å². The molecule has 4 aliphatic carbocycles. The van der Waals surface area contributed by atoms with Gasteiger partial charge in [-0.15, -0.1) is 0 Å². The second-order valence-corrected chi connectivity index (χ2v) is 13.3. The van der Waals surface area contributed by atoms with Crippen LogP contribution in [0.25, 0.3) is 6.20 Å². The molecule has 10 nitrogen and oxygen atoms in total. The van der Waals surface area contributed by atoms with Crippen molar-refractivity contribution in [1.82, 2.24) is 19.8 Å². The number of hydrogen-bond acceptors (Lipinski definition) is 7. The average Bonchev–Trinajstić information content (AvgIpc) is 3.17. The first-order valence-electron chi connectivity index (χ1n) is 12.5. The molecule has 4 saturated carbocycles. The van der Waals surface area contributed by atoms with Crippen LogP contribution in [0.3, 0.4) is 0 Å². The molecule has 1 aromatic rings. The standard InChI is InChI=1S/C24H37N5O5S/c1-23(2,27-35(3,32)33)4-5-29-22(28-6-8-34-9-7-28)19(15-25-29)21(30)26-20-17-10-16-11-18(20)14-24(31,12-16)13-17/h4-5,15-18,20,27,31H,6-14H2,1-3H3,(H,26,30)/b5-4+/t16?,17?,18?,20-,24-. The fraction of sp³-hybridized carbons (Fsp3) is 0.750. The van der Waals surface area contributed by atoms with Crippen molar-refractivity contribution in [3.05, 3.63) is 17.8 Å². The third-order valence-electron chi connectivity index (χ3n) is 7.94. The van der Waals surface area contributed by atoms with Crippen LogP contribution < -0.4 is 14.9 Å². The highest BCUT2D eigenvalue weighted by Gasteiger charge is 2.55. The zero-order chi connectivity index (χ0) is 25.0. The molecule has 0 spiro atoms.